The van der Waals surface area contributed by atoms with Crippen LogP contribution in [0.5, 0.6) is 0 Å². The van der Waals surface area contributed by atoms with Gasteiger partial charge in [-0.05, 0) is 29.8 Å². The normalized spacial score (nSPS) is 27.3. The fourth-order valence-electron chi connectivity index (χ4n) is 5.70. The molecular weight excluding hydrogens is 473 g/mol. The summed E-state index contributed by atoms with van der Waals surface area (Å²) in [6.45, 7) is 0.276. The molecule has 3 aromatic rings. The van der Waals surface area contributed by atoms with Gasteiger partial charge < -0.3 is 15.4 Å². The Morgan fingerprint density at radius 2 is 1.59 bits per heavy atom. The Kier molecular flexibility index (Phi) is 5.61. The first-order valence-corrected chi connectivity index (χ1v) is 12.1. The molecule has 2 saturated heterocycles. The summed E-state index contributed by atoms with van der Waals surface area (Å²) in [5, 5.41) is 5.56. The molecule has 2 N–H and O–H groups in total. The summed E-state index contributed by atoms with van der Waals surface area (Å²) in [7, 11) is 0. The van der Waals surface area contributed by atoms with Gasteiger partial charge in [0.25, 0.3) is 0 Å². The molecule has 8 heteroatoms. The molecular formula is C29H24FN3O4. The van der Waals surface area contributed by atoms with Crippen molar-refractivity contribution in [2.75, 3.05) is 10.2 Å². The quantitative estimate of drug-likeness (QED) is 0.511. The average Bonchev–Trinajstić information content (AvgIpc) is 3.57. The minimum Gasteiger partial charge on any atom is -0.359 e. The highest BCUT2D eigenvalue weighted by Gasteiger charge is 2.73. The smallest absolute Gasteiger partial charge is 0.246 e. The van der Waals surface area contributed by atoms with Gasteiger partial charge in [-0.2, -0.15) is 0 Å². The highest BCUT2D eigenvalue weighted by Crippen LogP contribution is 2.56. The summed E-state index contributed by atoms with van der Waals surface area (Å²) in [5.74, 6) is -3.74. The molecule has 186 valence electrons. The van der Waals surface area contributed by atoms with Crippen LogP contribution in [0.3, 0.4) is 0 Å². The van der Waals surface area contributed by atoms with Crippen molar-refractivity contribution in [1.29, 1.82) is 0 Å². The van der Waals surface area contributed by atoms with Gasteiger partial charge >= 0.3 is 0 Å². The van der Waals surface area contributed by atoms with Crippen molar-refractivity contribution in [3.63, 3.8) is 0 Å². The molecule has 0 unspecified atom stereocenters. The fourth-order valence-corrected chi connectivity index (χ4v) is 5.70. The zero-order chi connectivity index (χ0) is 25.6. The van der Waals surface area contributed by atoms with E-state index in [0.29, 0.717) is 5.69 Å². The van der Waals surface area contributed by atoms with Crippen LogP contribution >= 0.6 is 0 Å². The van der Waals surface area contributed by atoms with Crippen LogP contribution in [0.15, 0.2) is 97.1 Å². The highest BCUT2D eigenvalue weighted by molar-refractivity contribution is 6.11. The molecule has 3 aliphatic rings. The molecule has 2 fully saturated rings. The van der Waals surface area contributed by atoms with Gasteiger partial charge in [0.2, 0.25) is 17.7 Å². The van der Waals surface area contributed by atoms with E-state index in [0.717, 1.165) is 5.56 Å². The van der Waals surface area contributed by atoms with Crippen molar-refractivity contribution < 1.29 is 23.5 Å². The van der Waals surface area contributed by atoms with Crippen LogP contribution in [0.25, 0.3) is 0 Å². The van der Waals surface area contributed by atoms with E-state index in [1.165, 1.54) is 23.1 Å². The molecule has 0 radical (unpaired) electrons. The van der Waals surface area contributed by atoms with E-state index in [1.807, 2.05) is 36.4 Å². The monoisotopic (exact) mass is 497 g/mol. The molecule has 0 aliphatic carbocycles. The standard InChI is InChI=1S/C29H24FN3O4/c30-20-13-7-8-14-21(20)32-26(34)23-22-15-16-29(37-22)24(23)28(36)33(19-11-5-2-6-12-19)25(29)27(35)31-17-18-9-3-1-4-10-18/h1-16,22-25H,17H2,(H,31,35)(H,32,34)/t22-,23+,24-,25-,29-/m1/s1. The zero-order valence-corrected chi connectivity index (χ0v) is 19.7. The van der Waals surface area contributed by atoms with Gasteiger partial charge in [-0.3, -0.25) is 19.3 Å². The van der Waals surface area contributed by atoms with Crippen LogP contribution in [-0.2, 0) is 25.7 Å². The van der Waals surface area contributed by atoms with Crippen LogP contribution in [0.2, 0.25) is 0 Å². The number of nitrogens with one attached hydrogen (secondary N) is 2. The third-order valence-electron chi connectivity index (χ3n) is 7.30. The Labute approximate surface area is 212 Å². The van der Waals surface area contributed by atoms with Gasteiger partial charge in [-0.1, -0.05) is 72.8 Å². The number of rotatable bonds is 6. The van der Waals surface area contributed by atoms with Gasteiger partial charge in [-0.25, -0.2) is 4.39 Å². The van der Waals surface area contributed by atoms with Crippen molar-refractivity contribution in [2.24, 2.45) is 11.8 Å². The maximum absolute atomic E-state index is 14.3. The Morgan fingerprint density at radius 3 is 2.32 bits per heavy atom. The average molecular weight is 498 g/mol. The zero-order valence-electron chi connectivity index (χ0n) is 19.7. The van der Waals surface area contributed by atoms with Crippen molar-refractivity contribution >= 4 is 29.1 Å². The van der Waals surface area contributed by atoms with Crippen LogP contribution in [-0.4, -0.2) is 35.5 Å². The van der Waals surface area contributed by atoms with Gasteiger partial charge in [0, 0.05) is 12.2 Å². The molecule has 1 spiro atoms. The molecule has 0 saturated carbocycles. The lowest BCUT2D eigenvalue weighted by Gasteiger charge is -2.32. The topological polar surface area (TPSA) is 87.7 Å². The number of amides is 3. The summed E-state index contributed by atoms with van der Waals surface area (Å²) >= 11 is 0. The minimum absolute atomic E-state index is 0.0239. The van der Waals surface area contributed by atoms with Crippen molar-refractivity contribution in [3.05, 3.63) is 108 Å². The lowest BCUT2D eigenvalue weighted by Crippen LogP contribution is -2.54. The SMILES string of the molecule is O=C(Nc1ccccc1F)[C@H]1[C@H]2C=C[C@@]3(O2)[C@H]1C(=O)N(c1ccccc1)[C@@H]3C(=O)NCc1ccccc1. The number of hydrogen-bond acceptors (Lipinski definition) is 4. The van der Waals surface area contributed by atoms with Crippen molar-refractivity contribution in [1.82, 2.24) is 5.32 Å². The summed E-state index contributed by atoms with van der Waals surface area (Å²) in [6, 6.07) is 23.2. The third kappa shape index (κ3) is 3.72. The Balaban J connectivity index is 1.35. The number of hydrogen-bond donors (Lipinski definition) is 2. The molecule has 6 rings (SSSR count). The van der Waals surface area contributed by atoms with E-state index in [4.69, 9.17) is 4.74 Å². The predicted molar refractivity (Wildman–Crippen MR) is 135 cm³/mol. The van der Waals surface area contributed by atoms with Crippen LogP contribution in [0.4, 0.5) is 15.8 Å². The van der Waals surface area contributed by atoms with E-state index in [2.05, 4.69) is 10.6 Å². The van der Waals surface area contributed by atoms with Crippen molar-refractivity contribution in [2.45, 2.75) is 24.3 Å². The number of halogens is 1. The van der Waals surface area contributed by atoms with Gasteiger partial charge in [0.15, 0.2) is 0 Å². The van der Waals surface area contributed by atoms with E-state index < -0.39 is 41.3 Å². The lowest BCUT2D eigenvalue weighted by atomic mass is 9.74. The predicted octanol–water partition coefficient (Wildman–Crippen LogP) is 3.44. The van der Waals surface area contributed by atoms with Gasteiger partial charge in [0.1, 0.15) is 17.5 Å². The molecule has 3 aliphatic heterocycles. The Morgan fingerprint density at radius 1 is 0.919 bits per heavy atom. The first kappa shape index (κ1) is 23.1. The van der Waals surface area contributed by atoms with Gasteiger partial charge in [0.05, 0.1) is 23.6 Å². The van der Waals surface area contributed by atoms with Crippen LogP contribution in [0.1, 0.15) is 5.56 Å². The molecule has 3 heterocycles. The highest BCUT2D eigenvalue weighted by atomic mass is 19.1. The lowest BCUT2D eigenvalue weighted by molar-refractivity contribution is -0.128. The number of anilines is 2. The summed E-state index contributed by atoms with van der Waals surface area (Å²) in [4.78, 5) is 42.5. The molecule has 3 aromatic carbocycles. The Hall–Kier alpha value is -4.30. The maximum Gasteiger partial charge on any atom is 0.246 e. The second-order valence-corrected chi connectivity index (χ2v) is 9.42. The Bertz CT molecular complexity index is 1400. The second kappa shape index (κ2) is 8.97. The first-order chi connectivity index (χ1) is 18.0. The number of ether oxygens (including phenoxy) is 1. The van der Waals surface area contributed by atoms with Crippen LogP contribution in [0, 0.1) is 17.7 Å². The van der Waals surface area contributed by atoms with E-state index in [9.17, 15) is 18.8 Å². The first-order valence-electron chi connectivity index (χ1n) is 12.1. The minimum atomic E-state index is -1.32. The summed E-state index contributed by atoms with van der Waals surface area (Å²) in [5.41, 5.74) is 0.144. The molecule has 3 amide bonds. The van der Waals surface area contributed by atoms with E-state index in [-0.39, 0.29) is 24.0 Å². The maximum atomic E-state index is 14.3. The molecule has 7 nitrogen and oxygen atoms in total. The largest absolute Gasteiger partial charge is 0.359 e. The number of carbonyl (C=O) groups excluding carboxylic acids is 3. The fraction of sp³-hybridized carbons (Fsp3) is 0.207. The molecule has 2 bridgehead atoms. The number of nitrogens with zero attached hydrogens (tertiary/aromatic N) is 1. The van der Waals surface area contributed by atoms with E-state index in [1.54, 1.807) is 42.5 Å². The molecule has 5 atom stereocenters. The van der Waals surface area contributed by atoms with Gasteiger partial charge in [-0.15, -0.1) is 0 Å². The third-order valence-corrected chi connectivity index (χ3v) is 7.30. The number of para-hydroxylation sites is 2. The summed E-state index contributed by atoms with van der Waals surface area (Å²) < 4.78 is 20.6. The molecule has 37 heavy (non-hydrogen) atoms. The molecule has 0 aromatic heterocycles. The number of carbonyl (C=O) groups is 3. The second-order valence-electron chi connectivity index (χ2n) is 9.42. The van der Waals surface area contributed by atoms with Crippen molar-refractivity contribution in [3.8, 4) is 0 Å². The summed E-state index contributed by atoms with van der Waals surface area (Å²) in [6.07, 6.45) is 2.76. The number of benzene rings is 3. The number of fused-ring (bicyclic) bond motifs is 1. The van der Waals surface area contributed by atoms with Crippen LogP contribution < -0.4 is 15.5 Å². The van der Waals surface area contributed by atoms with E-state index >= 15 is 0 Å².